The van der Waals surface area contributed by atoms with Gasteiger partial charge in [-0.05, 0) is 132 Å². The van der Waals surface area contributed by atoms with Crippen molar-refractivity contribution in [2.45, 2.75) is 0 Å². The average molecular weight is 947 g/mol. The summed E-state index contributed by atoms with van der Waals surface area (Å²) in [5.41, 5.74) is 14.0. The van der Waals surface area contributed by atoms with E-state index in [0.29, 0.717) is 0 Å². The maximum absolute atomic E-state index is 2.84. The minimum atomic E-state index is -2.84. The van der Waals surface area contributed by atoms with Crippen LogP contribution in [0.2, 0.25) is 0 Å². The lowest BCUT2D eigenvalue weighted by Gasteiger charge is -2.35. The maximum atomic E-state index is 2.47. The second-order valence-electron chi connectivity index (χ2n) is 18.8. The van der Waals surface area contributed by atoms with Crippen molar-refractivity contribution in [3.8, 4) is 39.1 Å². The van der Waals surface area contributed by atoms with Gasteiger partial charge in [0.25, 0.3) is 0 Å². The first-order chi connectivity index (χ1) is 36.2. The molecule has 0 saturated heterocycles. The Morgan fingerprint density at radius 3 is 1.42 bits per heavy atom. The first-order valence-electron chi connectivity index (χ1n) is 25.2. The van der Waals surface area contributed by atoms with Gasteiger partial charge in [0, 0.05) is 33.5 Å². The van der Waals surface area contributed by atoms with Crippen molar-refractivity contribution in [1.82, 2.24) is 4.57 Å². The smallest absolute Gasteiger partial charge is 0.179 e. The minimum Gasteiger partial charge on any atom is -0.311 e. The lowest BCUT2D eigenvalue weighted by molar-refractivity contribution is 1.18. The lowest BCUT2D eigenvalue weighted by atomic mass is 9.95. The standard InChI is InChI=1S/C70H50N2Si/c1-5-25-56(26-6-1)72-68-39-16-15-36-67(68)70-66(38-20-40-69(70)72)53-43-47-58(48-44-53)71(57-45-41-51(42-46-57)54-23-17-24-55(49-54)65-37-18-22-52-21-13-14-35-64(52)65)59-27-19-34-63(50-59)73(60-28-7-2-8-29-60,61-30-9-3-10-31-61)62-32-11-4-12-33-62/h1-50H. The second kappa shape index (κ2) is 18.8. The van der Waals surface area contributed by atoms with Crippen LogP contribution in [-0.4, -0.2) is 12.6 Å². The second-order valence-corrected chi connectivity index (χ2v) is 22.6. The van der Waals surface area contributed by atoms with Crippen LogP contribution in [0.15, 0.2) is 303 Å². The van der Waals surface area contributed by atoms with E-state index in [1.807, 2.05) is 0 Å². The molecule has 1 heterocycles. The van der Waals surface area contributed by atoms with Gasteiger partial charge in [0.2, 0.25) is 0 Å². The predicted molar refractivity (Wildman–Crippen MR) is 313 cm³/mol. The third-order valence-corrected chi connectivity index (χ3v) is 19.5. The van der Waals surface area contributed by atoms with Crippen LogP contribution in [0.5, 0.6) is 0 Å². The van der Waals surface area contributed by atoms with Crippen LogP contribution in [0.4, 0.5) is 17.1 Å². The van der Waals surface area contributed by atoms with Gasteiger partial charge in [-0.3, -0.25) is 0 Å². The molecular formula is C70H50N2Si. The van der Waals surface area contributed by atoms with Crippen molar-refractivity contribution < 1.29 is 0 Å². The number of anilines is 3. The van der Waals surface area contributed by atoms with Gasteiger partial charge < -0.3 is 9.47 Å². The Balaban J connectivity index is 0.964. The van der Waals surface area contributed by atoms with Crippen LogP contribution in [0.3, 0.4) is 0 Å². The van der Waals surface area contributed by atoms with E-state index in [0.717, 1.165) is 22.7 Å². The number of para-hydroxylation sites is 2. The molecule has 0 N–H and O–H groups in total. The molecule has 0 saturated carbocycles. The number of rotatable bonds is 11. The summed E-state index contributed by atoms with van der Waals surface area (Å²) in [5, 5.41) is 10.4. The van der Waals surface area contributed by atoms with E-state index < -0.39 is 8.07 Å². The number of hydrogen-bond donors (Lipinski definition) is 0. The zero-order chi connectivity index (χ0) is 48.6. The Morgan fingerprint density at radius 1 is 0.274 bits per heavy atom. The molecular weight excluding hydrogens is 897 g/mol. The summed E-state index contributed by atoms with van der Waals surface area (Å²) in [4.78, 5) is 2.44. The van der Waals surface area contributed by atoms with Crippen molar-refractivity contribution in [2.24, 2.45) is 0 Å². The zero-order valence-electron chi connectivity index (χ0n) is 40.3. The topological polar surface area (TPSA) is 8.17 Å². The van der Waals surface area contributed by atoms with Gasteiger partial charge in [0.1, 0.15) is 0 Å². The molecule has 0 aliphatic carbocycles. The Kier molecular flexibility index (Phi) is 11.3. The van der Waals surface area contributed by atoms with Crippen LogP contribution in [0.25, 0.3) is 71.6 Å². The SMILES string of the molecule is c1ccc(-n2c3ccccc3c3c(-c4ccc(N(c5ccc(-c6cccc(-c7cccc8ccccc78)c6)cc5)c5cccc([Si](c6ccccc6)(c6ccccc6)c6ccccc6)c5)cc4)cccc32)cc1. The first kappa shape index (κ1) is 43.7. The van der Waals surface area contributed by atoms with Crippen molar-refractivity contribution in [3.63, 3.8) is 0 Å². The maximum Gasteiger partial charge on any atom is 0.179 e. The van der Waals surface area contributed by atoms with Crippen LogP contribution in [0.1, 0.15) is 0 Å². The Morgan fingerprint density at radius 2 is 0.753 bits per heavy atom. The number of fused-ring (bicyclic) bond motifs is 4. The van der Waals surface area contributed by atoms with Gasteiger partial charge >= 0.3 is 0 Å². The number of nitrogens with zero attached hydrogens (tertiary/aromatic N) is 2. The fourth-order valence-electron chi connectivity index (χ4n) is 11.4. The average Bonchev–Trinajstić information content (AvgIpc) is 3.82. The fraction of sp³-hybridized carbons (Fsp3) is 0. The van der Waals surface area contributed by atoms with Crippen LogP contribution in [0, 0.1) is 0 Å². The number of hydrogen-bond acceptors (Lipinski definition) is 1. The summed E-state index contributed by atoms with van der Waals surface area (Å²) in [6.07, 6.45) is 0. The molecule has 0 fully saturated rings. The summed E-state index contributed by atoms with van der Waals surface area (Å²) in [6, 6.07) is 112. The molecule has 0 atom stereocenters. The number of benzene rings is 12. The predicted octanol–water partition coefficient (Wildman–Crippen LogP) is 15.8. The zero-order valence-corrected chi connectivity index (χ0v) is 41.3. The highest BCUT2D eigenvalue weighted by Gasteiger charge is 2.41. The molecule has 13 rings (SSSR count). The minimum absolute atomic E-state index is 1.08. The summed E-state index contributed by atoms with van der Waals surface area (Å²) in [5.74, 6) is 0. The largest absolute Gasteiger partial charge is 0.311 e. The highest BCUT2D eigenvalue weighted by Crippen LogP contribution is 2.41. The van der Waals surface area contributed by atoms with Gasteiger partial charge in [-0.15, -0.1) is 0 Å². The van der Waals surface area contributed by atoms with Crippen LogP contribution < -0.4 is 25.6 Å². The molecule has 3 heteroatoms. The van der Waals surface area contributed by atoms with Gasteiger partial charge in [0.15, 0.2) is 8.07 Å². The Hall–Kier alpha value is -9.28. The van der Waals surface area contributed by atoms with E-state index >= 15 is 0 Å². The van der Waals surface area contributed by atoms with E-state index in [1.54, 1.807) is 0 Å². The van der Waals surface area contributed by atoms with E-state index in [1.165, 1.54) is 86.7 Å². The normalized spacial score (nSPS) is 11.6. The molecule has 344 valence electrons. The third-order valence-electron chi connectivity index (χ3n) is 14.7. The number of aromatic nitrogens is 1. The molecule has 0 unspecified atom stereocenters. The summed E-state index contributed by atoms with van der Waals surface area (Å²) in [6.45, 7) is 0. The molecule has 0 aliphatic heterocycles. The van der Waals surface area contributed by atoms with Crippen molar-refractivity contribution >= 4 is 78.5 Å². The molecule has 0 aliphatic rings. The molecule has 0 bridgehead atoms. The monoisotopic (exact) mass is 946 g/mol. The summed E-state index contributed by atoms with van der Waals surface area (Å²) >= 11 is 0. The summed E-state index contributed by atoms with van der Waals surface area (Å²) < 4.78 is 2.39. The molecule has 0 radical (unpaired) electrons. The molecule has 13 aromatic rings. The Bertz CT molecular complexity index is 3950. The molecule has 0 spiro atoms. The quantitative estimate of drug-likeness (QED) is 0.0926. The lowest BCUT2D eigenvalue weighted by Crippen LogP contribution is -2.74. The molecule has 1 aromatic heterocycles. The molecule has 73 heavy (non-hydrogen) atoms. The van der Waals surface area contributed by atoms with Crippen molar-refractivity contribution in [1.29, 1.82) is 0 Å². The van der Waals surface area contributed by atoms with Gasteiger partial charge in [-0.1, -0.05) is 237 Å². The van der Waals surface area contributed by atoms with Gasteiger partial charge in [-0.25, -0.2) is 0 Å². The molecule has 2 nitrogen and oxygen atoms in total. The highest BCUT2D eigenvalue weighted by atomic mass is 28.3. The van der Waals surface area contributed by atoms with E-state index in [4.69, 9.17) is 0 Å². The molecule has 12 aromatic carbocycles. The molecule has 0 amide bonds. The van der Waals surface area contributed by atoms with Crippen LogP contribution >= 0.6 is 0 Å². The van der Waals surface area contributed by atoms with Crippen LogP contribution in [-0.2, 0) is 0 Å². The van der Waals surface area contributed by atoms with Gasteiger partial charge in [0.05, 0.1) is 11.0 Å². The first-order valence-corrected chi connectivity index (χ1v) is 27.2. The Labute approximate surface area is 428 Å². The van der Waals surface area contributed by atoms with E-state index in [9.17, 15) is 0 Å². The van der Waals surface area contributed by atoms with E-state index in [-0.39, 0.29) is 0 Å². The third kappa shape index (κ3) is 7.75. The highest BCUT2D eigenvalue weighted by molar-refractivity contribution is 7.19. The van der Waals surface area contributed by atoms with E-state index in [2.05, 4.69) is 313 Å². The van der Waals surface area contributed by atoms with Crippen molar-refractivity contribution in [3.05, 3.63) is 303 Å². The van der Waals surface area contributed by atoms with Gasteiger partial charge in [-0.2, -0.15) is 0 Å². The summed E-state index contributed by atoms with van der Waals surface area (Å²) in [7, 11) is -2.84. The van der Waals surface area contributed by atoms with Crippen molar-refractivity contribution in [2.75, 3.05) is 4.90 Å². The fourth-order valence-corrected chi connectivity index (χ4v) is 16.2.